The van der Waals surface area contributed by atoms with Crippen molar-refractivity contribution in [3.05, 3.63) is 35.1 Å². The van der Waals surface area contributed by atoms with Crippen LogP contribution in [0.4, 0.5) is 5.13 Å². The lowest BCUT2D eigenvalue weighted by molar-refractivity contribution is -0.122. The average Bonchev–Trinajstić information content (AvgIpc) is 2.77. The molecule has 7 heteroatoms. The molecule has 100 valence electrons. The molecule has 0 spiro atoms. The number of nitrogens with zero attached hydrogens (tertiary/aromatic N) is 2. The first-order valence-corrected chi connectivity index (χ1v) is 6.74. The molecule has 0 aliphatic carbocycles. The van der Waals surface area contributed by atoms with Gasteiger partial charge >= 0.3 is 0 Å². The Bertz CT molecular complexity index is 588. The molecular formula is C12H12ClN3O2S. The van der Waals surface area contributed by atoms with Crippen LogP contribution >= 0.6 is 23.1 Å². The van der Waals surface area contributed by atoms with Crippen molar-refractivity contribution >= 4 is 34.2 Å². The van der Waals surface area contributed by atoms with E-state index < -0.39 is 6.10 Å². The molecule has 1 amide bonds. The molecule has 2 rings (SSSR count). The molecule has 1 N–H and O–H groups in total. The van der Waals surface area contributed by atoms with E-state index in [1.54, 1.807) is 38.1 Å². The van der Waals surface area contributed by atoms with Crippen LogP contribution in [-0.2, 0) is 4.79 Å². The van der Waals surface area contributed by atoms with Gasteiger partial charge in [-0.2, -0.15) is 4.37 Å². The number of aryl methyl sites for hydroxylation is 1. The van der Waals surface area contributed by atoms with E-state index in [1.807, 2.05) is 0 Å². The zero-order chi connectivity index (χ0) is 13.8. The number of anilines is 1. The molecule has 0 radical (unpaired) electrons. The molecule has 5 nitrogen and oxygen atoms in total. The van der Waals surface area contributed by atoms with Crippen molar-refractivity contribution < 1.29 is 9.53 Å². The third-order valence-corrected chi connectivity index (χ3v) is 3.30. The number of hydrogen-bond donors (Lipinski definition) is 1. The summed E-state index contributed by atoms with van der Waals surface area (Å²) in [5, 5.41) is 3.56. The number of benzene rings is 1. The number of ether oxygens (including phenoxy) is 1. The third-order valence-electron chi connectivity index (χ3n) is 2.27. The molecule has 0 fully saturated rings. The topological polar surface area (TPSA) is 64.1 Å². The summed E-state index contributed by atoms with van der Waals surface area (Å²) in [7, 11) is 0. The lowest BCUT2D eigenvalue weighted by Gasteiger charge is -2.14. The Hall–Kier alpha value is -1.66. The maximum absolute atomic E-state index is 11.9. The van der Waals surface area contributed by atoms with Gasteiger partial charge in [-0.05, 0) is 26.0 Å². The zero-order valence-corrected chi connectivity index (χ0v) is 12.0. The van der Waals surface area contributed by atoms with Gasteiger partial charge in [0.15, 0.2) is 6.10 Å². The standard InChI is InChI=1S/C12H12ClN3O2S/c1-7(18-10-6-4-3-5-9(10)13)11(17)15-12-14-8(2)16-19-12/h3-7H,1-2H3,(H,14,15,16,17)/t7-/m0/s1. The van der Waals surface area contributed by atoms with Gasteiger partial charge in [0.2, 0.25) is 5.13 Å². The van der Waals surface area contributed by atoms with E-state index in [-0.39, 0.29) is 5.91 Å². The van der Waals surface area contributed by atoms with Gasteiger partial charge in [0.05, 0.1) is 5.02 Å². The monoisotopic (exact) mass is 297 g/mol. The highest BCUT2D eigenvalue weighted by Crippen LogP contribution is 2.24. The molecule has 0 aliphatic heterocycles. The molecule has 0 bridgehead atoms. The molecule has 0 aliphatic rings. The summed E-state index contributed by atoms with van der Waals surface area (Å²) in [5.41, 5.74) is 0. The third kappa shape index (κ3) is 3.65. The van der Waals surface area contributed by atoms with Crippen molar-refractivity contribution in [1.29, 1.82) is 0 Å². The van der Waals surface area contributed by atoms with Gasteiger partial charge in [0.25, 0.3) is 5.91 Å². The van der Waals surface area contributed by atoms with Crippen LogP contribution in [0.5, 0.6) is 5.75 Å². The minimum atomic E-state index is -0.677. The predicted molar refractivity (Wildman–Crippen MR) is 74.8 cm³/mol. The van der Waals surface area contributed by atoms with Crippen LogP contribution in [0.2, 0.25) is 5.02 Å². The zero-order valence-electron chi connectivity index (χ0n) is 10.4. The van der Waals surface area contributed by atoms with Gasteiger partial charge in [-0.1, -0.05) is 23.7 Å². The number of para-hydroxylation sites is 1. The van der Waals surface area contributed by atoms with E-state index in [1.165, 1.54) is 0 Å². The predicted octanol–water partition coefficient (Wildman–Crippen LogP) is 2.91. The highest BCUT2D eigenvalue weighted by molar-refractivity contribution is 7.09. The van der Waals surface area contributed by atoms with E-state index in [0.717, 1.165) is 11.5 Å². The Kier molecular flexibility index (Phi) is 4.34. The van der Waals surface area contributed by atoms with E-state index in [9.17, 15) is 4.79 Å². The Balaban J connectivity index is 1.98. The SMILES string of the molecule is Cc1nsc(NC(=O)[C@H](C)Oc2ccccc2Cl)n1. The van der Waals surface area contributed by atoms with Gasteiger partial charge in [0.1, 0.15) is 11.6 Å². The van der Waals surface area contributed by atoms with Crippen molar-refractivity contribution in [2.45, 2.75) is 20.0 Å². The molecule has 0 saturated heterocycles. The van der Waals surface area contributed by atoms with Crippen LogP contribution < -0.4 is 10.1 Å². The minimum Gasteiger partial charge on any atom is -0.479 e. The highest BCUT2D eigenvalue weighted by atomic mass is 35.5. The average molecular weight is 298 g/mol. The number of aromatic nitrogens is 2. The van der Waals surface area contributed by atoms with Gasteiger partial charge in [-0.25, -0.2) is 4.98 Å². The largest absolute Gasteiger partial charge is 0.479 e. The highest BCUT2D eigenvalue weighted by Gasteiger charge is 2.17. The number of amides is 1. The Labute approximate surface area is 119 Å². The Morgan fingerprint density at radius 1 is 1.47 bits per heavy atom. The van der Waals surface area contributed by atoms with Crippen molar-refractivity contribution in [3.8, 4) is 5.75 Å². The quantitative estimate of drug-likeness (QED) is 0.942. The lowest BCUT2D eigenvalue weighted by Crippen LogP contribution is -2.30. The summed E-state index contributed by atoms with van der Waals surface area (Å²) in [6.45, 7) is 3.41. The summed E-state index contributed by atoms with van der Waals surface area (Å²) in [6.07, 6.45) is -0.677. The molecule has 1 aromatic heterocycles. The second-order valence-electron chi connectivity index (χ2n) is 3.83. The fourth-order valence-electron chi connectivity index (χ4n) is 1.34. The van der Waals surface area contributed by atoms with Crippen molar-refractivity contribution in [2.24, 2.45) is 0 Å². The summed E-state index contributed by atoms with van der Waals surface area (Å²) >= 11 is 7.09. The molecule has 19 heavy (non-hydrogen) atoms. The van der Waals surface area contributed by atoms with Gasteiger partial charge in [0, 0.05) is 11.5 Å². The van der Waals surface area contributed by atoms with E-state index in [4.69, 9.17) is 16.3 Å². The van der Waals surface area contributed by atoms with Crippen molar-refractivity contribution in [1.82, 2.24) is 9.36 Å². The van der Waals surface area contributed by atoms with Crippen LogP contribution in [0.15, 0.2) is 24.3 Å². The molecule has 1 aromatic carbocycles. The maximum Gasteiger partial charge on any atom is 0.266 e. The van der Waals surface area contributed by atoms with Crippen molar-refractivity contribution in [3.63, 3.8) is 0 Å². The number of rotatable bonds is 4. The second kappa shape index (κ2) is 5.99. The van der Waals surface area contributed by atoms with Gasteiger partial charge < -0.3 is 4.74 Å². The first-order valence-electron chi connectivity index (χ1n) is 5.58. The fraction of sp³-hybridized carbons (Fsp3) is 0.250. The van der Waals surface area contributed by atoms with E-state index in [0.29, 0.717) is 21.7 Å². The minimum absolute atomic E-state index is 0.295. The number of nitrogens with one attached hydrogen (secondary N) is 1. The molecule has 1 atom stereocenters. The van der Waals surface area contributed by atoms with Crippen LogP contribution in [0, 0.1) is 6.92 Å². The summed E-state index contributed by atoms with van der Waals surface area (Å²) < 4.78 is 9.48. The fourth-order valence-corrected chi connectivity index (χ4v) is 2.10. The number of carbonyl (C=O) groups excluding carboxylic acids is 1. The Morgan fingerprint density at radius 3 is 2.84 bits per heavy atom. The number of hydrogen-bond acceptors (Lipinski definition) is 5. The molecule has 1 heterocycles. The van der Waals surface area contributed by atoms with Crippen LogP contribution in [0.25, 0.3) is 0 Å². The summed E-state index contributed by atoms with van der Waals surface area (Å²) in [6, 6.07) is 7.00. The van der Waals surface area contributed by atoms with Gasteiger partial charge in [-0.15, -0.1) is 0 Å². The van der Waals surface area contributed by atoms with Crippen LogP contribution in [0.1, 0.15) is 12.7 Å². The van der Waals surface area contributed by atoms with Crippen molar-refractivity contribution in [2.75, 3.05) is 5.32 Å². The smallest absolute Gasteiger partial charge is 0.266 e. The van der Waals surface area contributed by atoms with E-state index >= 15 is 0 Å². The van der Waals surface area contributed by atoms with Gasteiger partial charge in [-0.3, -0.25) is 10.1 Å². The summed E-state index contributed by atoms with van der Waals surface area (Å²) in [5.74, 6) is 0.802. The lowest BCUT2D eigenvalue weighted by atomic mass is 10.3. The molecule has 0 saturated carbocycles. The first-order chi connectivity index (χ1) is 9.06. The molecule has 0 unspecified atom stereocenters. The molecule has 2 aromatic rings. The van der Waals surface area contributed by atoms with Crippen LogP contribution in [0.3, 0.4) is 0 Å². The number of carbonyl (C=O) groups is 1. The first kappa shape index (κ1) is 13.8. The maximum atomic E-state index is 11.9. The second-order valence-corrected chi connectivity index (χ2v) is 4.99. The van der Waals surface area contributed by atoms with Crippen LogP contribution in [-0.4, -0.2) is 21.4 Å². The normalized spacial score (nSPS) is 11.9. The number of halogens is 1. The molecular weight excluding hydrogens is 286 g/mol. The van der Waals surface area contributed by atoms with E-state index in [2.05, 4.69) is 14.7 Å². The summed E-state index contributed by atoms with van der Waals surface area (Å²) in [4.78, 5) is 15.9. The Morgan fingerprint density at radius 2 is 2.21 bits per heavy atom.